The van der Waals surface area contributed by atoms with Crippen molar-refractivity contribution < 1.29 is 18.8 Å². The van der Waals surface area contributed by atoms with E-state index in [4.69, 9.17) is 9.26 Å². The van der Waals surface area contributed by atoms with Crippen LogP contribution in [0.2, 0.25) is 0 Å². The topological polar surface area (TPSA) is 84.7 Å². The van der Waals surface area contributed by atoms with Crippen molar-refractivity contribution in [3.8, 4) is 0 Å². The van der Waals surface area contributed by atoms with Crippen LogP contribution < -0.4 is 5.32 Å². The van der Waals surface area contributed by atoms with Gasteiger partial charge >= 0.3 is 0 Å². The number of aromatic nitrogens is 1. The van der Waals surface area contributed by atoms with E-state index < -0.39 is 0 Å². The summed E-state index contributed by atoms with van der Waals surface area (Å²) in [6, 6.07) is 1.54. The van der Waals surface area contributed by atoms with E-state index in [1.165, 1.54) is 6.20 Å². The highest BCUT2D eigenvalue weighted by atomic mass is 16.5. The summed E-state index contributed by atoms with van der Waals surface area (Å²) in [5.74, 6) is 1.40. The van der Waals surface area contributed by atoms with Gasteiger partial charge in [-0.25, -0.2) is 0 Å². The normalized spacial score (nSPS) is 30.7. The fourth-order valence-corrected chi connectivity index (χ4v) is 3.69. The maximum atomic E-state index is 12.2. The number of hydrogen-bond donors (Lipinski definition) is 1. The van der Waals surface area contributed by atoms with Crippen molar-refractivity contribution in [2.24, 2.45) is 17.8 Å². The highest BCUT2D eigenvalue weighted by Crippen LogP contribution is 2.43. The Balaban J connectivity index is 1.19. The summed E-state index contributed by atoms with van der Waals surface area (Å²) in [6.07, 6.45) is 4.43. The number of nitrogens with zero attached hydrogens (tertiary/aromatic N) is 2. The number of carbonyl (C=O) groups is 2. The lowest BCUT2D eigenvalue weighted by molar-refractivity contribution is -0.189. The average Bonchev–Trinajstić information content (AvgIpc) is 3.06. The first-order valence-electron chi connectivity index (χ1n) is 8.68. The number of ether oxygens (including phenoxy) is 1. The molecule has 1 saturated carbocycles. The molecule has 0 bridgehead atoms. The molecule has 1 N–H and O–H groups in total. The Morgan fingerprint density at radius 1 is 1.46 bits per heavy atom. The largest absolute Gasteiger partial charge is 0.371 e. The minimum atomic E-state index is -0.244. The predicted molar refractivity (Wildman–Crippen MR) is 84.1 cm³/mol. The van der Waals surface area contributed by atoms with Crippen LogP contribution in [-0.4, -0.2) is 53.7 Å². The van der Waals surface area contributed by atoms with E-state index in [9.17, 15) is 9.59 Å². The Labute approximate surface area is 140 Å². The molecule has 0 radical (unpaired) electrons. The number of carbonyl (C=O) groups excluding carboxylic acids is 2. The van der Waals surface area contributed by atoms with Gasteiger partial charge in [-0.05, 0) is 31.1 Å². The van der Waals surface area contributed by atoms with E-state index in [0.29, 0.717) is 30.9 Å². The van der Waals surface area contributed by atoms with Gasteiger partial charge in [0.15, 0.2) is 0 Å². The van der Waals surface area contributed by atoms with Crippen molar-refractivity contribution in [2.75, 3.05) is 26.2 Å². The van der Waals surface area contributed by atoms with Gasteiger partial charge in [0, 0.05) is 18.5 Å². The smallest absolute Gasteiger partial charge is 0.289 e. The van der Waals surface area contributed by atoms with Crippen molar-refractivity contribution in [1.29, 1.82) is 0 Å². The van der Waals surface area contributed by atoms with E-state index >= 15 is 0 Å². The van der Waals surface area contributed by atoms with Crippen LogP contribution in [0.3, 0.4) is 0 Å². The number of likely N-dealkylation sites (tertiary alicyclic amines) is 1. The molecule has 1 aliphatic carbocycles. The molecule has 3 atom stereocenters. The summed E-state index contributed by atoms with van der Waals surface area (Å²) < 4.78 is 10.9. The van der Waals surface area contributed by atoms with Gasteiger partial charge in [-0.2, -0.15) is 0 Å². The van der Waals surface area contributed by atoms with Gasteiger partial charge in [0.25, 0.3) is 5.91 Å². The highest BCUT2D eigenvalue weighted by Gasteiger charge is 2.52. The number of hydrogen-bond acceptors (Lipinski definition) is 5. The molecule has 2 aliphatic heterocycles. The number of amides is 2. The molecule has 2 amide bonds. The summed E-state index contributed by atoms with van der Waals surface area (Å²) in [4.78, 5) is 26.0. The van der Waals surface area contributed by atoms with Crippen LogP contribution in [0.5, 0.6) is 0 Å². The third kappa shape index (κ3) is 2.92. The van der Waals surface area contributed by atoms with Gasteiger partial charge in [0.2, 0.25) is 11.7 Å². The van der Waals surface area contributed by atoms with Crippen molar-refractivity contribution in [1.82, 2.24) is 15.4 Å². The van der Waals surface area contributed by atoms with Crippen LogP contribution in [0.15, 0.2) is 16.8 Å². The second-order valence-electron chi connectivity index (χ2n) is 7.50. The first-order chi connectivity index (χ1) is 11.6. The van der Waals surface area contributed by atoms with Gasteiger partial charge in [-0.3, -0.25) is 9.59 Å². The first-order valence-corrected chi connectivity index (χ1v) is 8.68. The van der Waals surface area contributed by atoms with E-state index in [2.05, 4.69) is 17.4 Å². The zero-order valence-corrected chi connectivity index (χ0v) is 13.9. The molecule has 1 spiro atoms. The highest BCUT2D eigenvalue weighted by molar-refractivity contribution is 5.91. The van der Waals surface area contributed by atoms with Crippen LogP contribution in [0, 0.1) is 17.8 Å². The molecular formula is C17H23N3O4. The van der Waals surface area contributed by atoms with Crippen LogP contribution in [0.25, 0.3) is 0 Å². The molecule has 3 fully saturated rings. The van der Waals surface area contributed by atoms with E-state index in [1.807, 2.05) is 4.90 Å². The lowest BCUT2D eigenvalue weighted by Gasteiger charge is -2.53. The Morgan fingerprint density at radius 3 is 2.83 bits per heavy atom. The zero-order chi connectivity index (χ0) is 16.7. The Kier molecular flexibility index (Phi) is 3.83. The minimum absolute atomic E-state index is 0.140. The lowest BCUT2D eigenvalue weighted by atomic mass is 9.82. The number of nitrogens with one attached hydrogen (secondary N) is 1. The SMILES string of the molecule is C[C@@H]1C[C@@H]1C(=O)N1CC2(CC[C@H](CNC(=O)c3ccno3)CO2)C1. The average molecular weight is 333 g/mol. The Bertz CT molecular complexity index is 614. The second kappa shape index (κ2) is 5.88. The molecule has 3 heterocycles. The third-order valence-electron chi connectivity index (χ3n) is 5.54. The monoisotopic (exact) mass is 333 g/mol. The molecule has 1 aromatic rings. The van der Waals surface area contributed by atoms with Crippen molar-refractivity contribution in [3.63, 3.8) is 0 Å². The van der Waals surface area contributed by atoms with Crippen LogP contribution in [0.1, 0.15) is 36.7 Å². The molecule has 1 aromatic heterocycles. The lowest BCUT2D eigenvalue weighted by Crippen LogP contribution is -2.66. The molecule has 3 aliphatic rings. The Hall–Kier alpha value is -1.89. The van der Waals surface area contributed by atoms with Gasteiger partial charge in [0.05, 0.1) is 25.9 Å². The summed E-state index contributed by atoms with van der Waals surface area (Å²) in [5, 5.41) is 6.38. The van der Waals surface area contributed by atoms with Gasteiger partial charge in [-0.15, -0.1) is 0 Å². The van der Waals surface area contributed by atoms with Crippen molar-refractivity contribution >= 4 is 11.8 Å². The van der Waals surface area contributed by atoms with Crippen LogP contribution >= 0.6 is 0 Å². The molecule has 24 heavy (non-hydrogen) atoms. The van der Waals surface area contributed by atoms with Crippen LogP contribution in [0.4, 0.5) is 0 Å². The molecule has 7 nitrogen and oxygen atoms in total. The molecule has 4 rings (SSSR count). The minimum Gasteiger partial charge on any atom is -0.371 e. The maximum absolute atomic E-state index is 12.2. The van der Waals surface area contributed by atoms with Crippen molar-refractivity contribution in [2.45, 2.75) is 31.8 Å². The van der Waals surface area contributed by atoms with Crippen LogP contribution in [-0.2, 0) is 9.53 Å². The third-order valence-corrected chi connectivity index (χ3v) is 5.54. The fraction of sp³-hybridized carbons (Fsp3) is 0.706. The fourth-order valence-electron chi connectivity index (χ4n) is 3.69. The summed E-state index contributed by atoms with van der Waals surface area (Å²) in [7, 11) is 0. The van der Waals surface area contributed by atoms with Crippen molar-refractivity contribution in [3.05, 3.63) is 18.0 Å². The van der Waals surface area contributed by atoms with Gasteiger partial charge < -0.3 is 19.5 Å². The summed E-state index contributed by atoms with van der Waals surface area (Å²) in [6.45, 7) is 4.78. The number of rotatable bonds is 4. The van der Waals surface area contributed by atoms with E-state index in [-0.39, 0.29) is 23.2 Å². The second-order valence-corrected chi connectivity index (χ2v) is 7.50. The van der Waals surface area contributed by atoms with E-state index in [0.717, 1.165) is 32.4 Å². The first kappa shape index (κ1) is 15.6. The molecule has 2 saturated heterocycles. The summed E-state index contributed by atoms with van der Waals surface area (Å²) in [5.41, 5.74) is -0.140. The molecular weight excluding hydrogens is 310 g/mol. The summed E-state index contributed by atoms with van der Waals surface area (Å²) >= 11 is 0. The molecule has 130 valence electrons. The quantitative estimate of drug-likeness (QED) is 0.891. The van der Waals surface area contributed by atoms with Gasteiger partial charge in [-0.1, -0.05) is 12.1 Å². The van der Waals surface area contributed by atoms with E-state index in [1.54, 1.807) is 6.07 Å². The Morgan fingerprint density at radius 2 is 2.25 bits per heavy atom. The van der Waals surface area contributed by atoms with Gasteiger partial charge in [0.1, 0.15) is 5.60 Å². The molecule has 7 heteroatoms. The predicted octanol–water partition coefficient (Wildman–Crippen LogP) is 1.07. The maximum Gasteiger partial charge on any atom is 0.289 e. The molecule has 0 aromatic carbocycles. The zero-order valence-electron chi connectivity index (χ0n) is 13.9. The standard InChI is InChI=1S/C17H23N3O4/c1-11-6-13(11)16(22)20-9-17(10-20)4-2-12(8-23-17)7-18-15(21)14-3-5-19-24-14/h3,5,11-13H,2,4,6-10H2,1H3,(H,18,21)/t11-,12-,13+/m1/s1. The molecule has 0 unspecified atom stereocenters.